The van der Waals surface area contributed by atoms with Crippen molar-refractivity contribution >= 4 is 34.1 Å². The van der Waals surface area contributed by atoms with Gasteiger partial charge >= 0.3 is 0 Å². The zero-order valence-corrected chi connectivity index (χ0v) is 18.4. The smallest absolute Gasteiger partial charge is 0.257 e. The highest BCUT2D eigenvalue weighted by Crippen LogP contribution is 2.30. The summed E-state index contributed by atoms with van der Waals surface area (Å²) in [6, 6.07) is 18.3. The molecule has 1 aromatic heterocycles. The molecule has 2 heterocycles. The Kier molecular flexibility index (Phi) is 6.33. The molecule has 29 heavy (non-hydrogen) atoms. The first-order valence-electron chi connectivity index (χ1n) is 9.90. The van der Waals surface area contributed by atoms with Crippen LogP contribution in [0.1, 0.15) is 40.3 Å². The molecule has 1 N–H and O–H groups in total. The van der Waals surface area contributed by atoms with Crippen molar-refractivity contribution in [2.45, 2.75) is 43.5 Å². The molecule has 0 spiro atoms. The fourth-order valence-electron chi connectivity index (χ4n) is 3.43. The fourth-order valence-corrected chi connectivity index (χ4v) is 5.37. The molecule has 0 saturated carbocycles. The maximum absolute atomic E-state index is 12.7. The average molecular weight is 424 g/mol. The van der Waals surface area contributed by atoms with E-state index in [1.807, 2.05) is 30.3 Å². The van der Waals surface area contributed by atoms with Crippen LogP contribution in [0.5, 0.6) is 0 Å². The molecular weight excluding hydrogens is 398 g/mol. The van der Waals surface area contributed by atoms with E-state index in [-0.39, 0.29) is 5.91 Å². The first-order chi connectivity index (χ1) is 14.1. The molecule has 0 unspecified atom stereocenters. The molecule has 4 nitrogen and oxygen atoms in total. The van der Waals surface area contributed by atoms with E-state index >= 15 is 0 Å². The molecule has 1 aliphatic rings. The van der Waals surface area contributed by atoms with Gasteiger partial charge in [0.25, 0.3) is 5.91 Å². The summed E-state index contributed by atoms with van der Waals surface area (Å²) in [6.07, 6.45) is 0.926. The highest BCUT2D eigenvalue weighted by Gasteiger charge is 2.21. The Morgan fingerprint density at radius 3 is 2.83 bits per heavy atom. The van der Waals surface area contributed by atoms with E-state index in [2.05, 4.69) is 53.3 Å². The second-order valence-corrected chi connectivity index (χ2v) is 10.2. The Morgan fingerprint density at radius 1 is 1.21 bits per heavy atom. The number of anilines is 1. The number of fused-ring (bicyclic) bond motifs is 1. The molecule has 0 radical (unpaired) electrons. The monoisotopic (exact) mass is 423 g/mol. The number of amides is 1. The third-order valence-electron chi connectivity index (χ3n) is 4.75. The van der Waals surface area contributed by atoms with E-state index in [1.54, 1.807) is 23.1 Å². The Labute approximate surface area is 180 Å². The first kappa shape index (κ1) is 20.1. The predicted molar refractivity (Wildman–Crippen MR) is 122 cm³/mol. The lowest BCUT2D eigenvalue weighted by molar-refractivity contribution is 0.102. The minimum Gasteiger partial charge on any atom is -0.298 e. The van der Waals surface area contributed by atoms with Gasteiger partial charge in [0.1, 0.15) is 0 Å². The molecule has 1 aliphatic heterocycles. The van der Waals surface area contributed by atoms with Crippen LogP contribution in [0.25, 0.3) is 0 Å². The molecule has 6 heteroatoms. The zero-order chi connectivity index (χ0) is 20.2. The number of thioether (sulfide) groups is 1. The summed E-state index contributed by atoms with van der Waals surface area (Å²) < 4.78 is 0. The maximum Gasteiger partial charge on any atom is 0.257 e. The summed E-state index contributed by atoms with van der Waals surface area (Å²) in [4.78, 5) is 22.2. The van der Waals surface area contributed by atoms with Crippen LogP contribution in [0, 0.1) is 0 Å². The summed E-state index contributed by atoms with van der Waals surface area (Å²) >= 11 is 3.36. The second-order valence-electron chi connectivity index (χ2n) is 7.48. The van der Waals surface area contributed by atoms with Crippen LogP contribution in [-0.4, -0.2) is 27.6 Å². The summed E-state index contributed by atoms with van der Waals surface area (Å²) in [7, 11) is 0. The van der Waals surface area contributed by atoms with Crippen molar-refractivity contribution in [3.63, 3.8) is 0 Å². The predicted octanol–water partition coefficient (Wildman–Crippen LogP) is 5.45. The number of nitrogens with zero attached hydrogens (tertiary/aromatic N) is 2. The Balaban J connectivity index is 1.41. The largest absolute Gasteiger partial charge is 0.298 e. The fraction of sp³-hybridized carbons (Fsp3) is 0.304. The van der Waals surface area contributed by atoms with E-state index in [9.17, 15) is 4.79 Å². The molecule has 0 aliphatic carbocycles. The van der Waals surface area contributed by atoms with Crippen LogP contribution in [-0.2, 0) is 19.5 Å². The number of carbonyl (C=O) groups is 1. The van der Waals surface area contributed by atoms with Gasteiger partial charge in [-0.25, -0.2) is 4.98 Å². The number of benzene rings is 2. The number of rotatable bonds is 6. The Morgan fingerprint density at radius 2 is 2.03 bits per heavy atom. The average Bonchev–Trinajstić information content (AvgIpc) is 3.10. The van der Waals surface area contributed by atoms with Gasteiger partial charge in [-0.3, -0.25) is 15.0 Å². The van der Waals surface area contributed by atoms with E-state index < -0.39 is 0 Å². The van der Waals surface area contributed by atoms with Crippen molar-refractivity contribution in [3.05, 3.63) is 76.3 Å². The van der Waals surface area contributed by atoms with Crippen molar-refractivity contribution in [2.75, 3.05) is 11.9 Å². The topological polar surface area (TPSA) is 45.2 Å². The molecule has 150 valence electrons. The van der Waals surface area contributed by atoms with Gasteiger partial charge in [0.2, 0.25) is 0 Å². The van der Waals surface area contributed by atoms with E-state index in [0.29, 0.717) is 15.9 Å². The van der Waals surface area contributed by atoms with Crippen LogP contribution in [0.2, 0.25) is 0 Å². The Bertz CT molecular complexity index is 985. The quantitative estimate of drug-likeness (QED) is 0.535. The minimum absolute atomic E-state index is 0.0940. The molecule has 0 fully saturated rings. The molecule has 0 bridgehead atoms. The molecule has 3 aromatic rings. The van der Waals surface area contributed by atoms with Crippen LogP contribution in [0.4, 0.5) is 5.13 Å². The van der Waals surface area contributed by atoms with Crippen molar-refractivity contribution in [2.24, 2.45) is 0 Å². The maximum atomic E-state index is 12.7. The second kappa shape index (κ2) is 9.11. The minimum atomic E-state index is -0.0940. The SMILES string of the molecule is CC(C)Sc1cccc(C(=O)Nc2nc3c(s2)CN(Cc2ccccc2)CC3)c1. The summed E-state index contributed by atoms with van der Waals surface area (Å²) in [5.74, 6) is -0.0940. The molecule has 1 amide bonds. The highest BCUT2D eigenvalue weighted by molar-refractivity contribution is 7.99. The number of nitrogens with one attached hydrogen (secondary N) is 1. The summed E-state index contributed by atoms with van der Waals surface area (Å²) in [5, 5.41) is 4.18. The lowest BCUT2D eigenvalue weighted by Crippen LogP contribution is -2.29. The molecule has 2 aromatic carbocycles. The zero-order valence-electron chi connectivity index (χ0n) is 16.7. The van der Waals surface area contributed by atoms with Crippen molar-refractivity contribution in [1.29, 1.82) is 0 Å². The lowest BCUT2D eigenvalue weighted by atomic mass is 10.1. The summed E-state index contributed by atoms with van der Waals surface area (Å²) in [5.41, 5.74) is 3.13. The van der Waals surface area contributed by atoms with Crippen molar-refractivity contribution in [3.8, 4) is 0 Å². The first-order valence-corrected chi connectivity index (χ1v) is 11.6. The van der Waals surface area contributed by atoms with Crippen LogP contribution in [0.3, 0.4) is 0 Å². The number of aromatic nitrogens is 1. The van der Waals surface area contributed by atoms with Gasteiger partial charge < -0.3 is 0 Å². The number of hydrogen-bond acceptors (Lipinski definition) is 5. The summed E-state index contributed by atoms with van der Waals surface area (Å²) in [6.45, 7) is 7.13. The normalized spacial score (nSPS) is 14.0. The molecule has 0 saturated heterocycles. The number of thiazole rings is 1. The van der Waals surface area contributed by atoms with Crippen LogP contribution >= 0.6 is 23.1 Å². The van der Waals surface area contributed by atoms with Gasteiger partial charge in [0.05, 0.1) is 5.69 Å². The van der Waals surface area contributed by atoms with Crippen LogP contribution < -0.4 is 5.32 Å². The Hall–Kier alpha value is -2.15. The number of hydrogen-bond donors (Lipinski definition) is 1. The van der Waals surface area contributed by atoms with Gasteiger partial charge in [0.15, 0.2) is 5.13 Å². The van der Waals surface area contributed by atoms with Gasteiger partial charge in [-0.05, 0) is 23.8 Å². The van der Waals surface area contributed by atoms with Crippen LogP contribution in [0.15, 0.2) is 59.5 Å². The van der Waals surface area contributed by atoms with Gasteiger partial charge in [-0.1, -0.05) is 50.2 Å². The molecule has 0 atom stereocenters. The number of carbonyl (C=O) groups excluding carboxylic acids is 1. The lowest BCUT2D eigenvalue weighted by Gasteiger charge is -2.25. The third kappa shape index (κ3) is 5.26. The van der Waals surface area contributed by atoms with E-state index in [1.165, 1.54) is 10.4 Å². The molecular formula is C23H25N3OS2. The van der Waals surface area contributed by atoms with Gasteiger partial charge in [0, 0.05) is 46.6 Å². The van der Waals surface area contributed by atoms with E-state index in [4.69, 9.17) is 0 Å². The van der Waals surface area contributed by atoms with Gasteiger partial charge in [-0.2, -0.15) is 0 Å². The van der Waals surface area contributed by atoms with Crippen molar-refractivity contribution in [1.82, 2.24) is 9.88 Å². The standard InChI is InChI=1S/C23H25N3OS2/c1-16(2)28-19-10-6-9-18(13-19)22(27)25-23-24-20-11-12-26(15-21(20)29-23)14-17-7-4-3-5-8-17/h3-10,13,16H,11-12,14-15H2,1-2H3,(H,24,25,27). The van der Waals surface area contributed by atoms with Gasteiger partial charge in [-0.15, -0.1) is 23.1 Å². The van der Waals surface area contributed by atoms with Crippen molar-refractivity contribution < 1.29 is 4.79 Å². The highest BCUT2D eigenvalue weighted by atomic mass is 32.2. The third-order valence-corrected chi connectivity index (χ3v) is 6.74. The van der Waals surface area contributed by atoms with E-state index in [0.717, 1.165) is 36.6 Å². The molecule has 4 rings (SSSR count).